The third kappa shape index (κ3) is 3.57. The highest BCUT2D eigenvalue weighted by atomic mass is 16.5. The van der Waals surface area contributed by atoms with E-state index >= 15 is 0 Å². The van der Waals surface area contributed by atoms with Crippen LogP contribution in [0.1, 0.15) is 28.4 Å². The standard InChI is InChI=1S/C19H23N3O2/c1-3-15-6-4-5-14(2)18(15)21-17-11-16(12-20-13-17)19(23)22-7-9-24-10-8-22/h4-6,11-13,21H,3,7-10H2,1-2H3. The van der Waals surface area contributed by atoms with Crippen LogP contribution in [0.15, 0.2) is 36.7 Å². The maximum absolute atomic E-state index is 12.6. The molecule has 0 radical (unpaired) electrons. The van der Waals surface area contributed by atoms with Gasteiger partial charge >= 0.3 is 0 Å². The Bertz CT molecular complexity index is 724. The van der Waals surface area contributed by atoms with Gasteiger partial charge in [0.05, 0.1) is 30.7 Å². The van der Waals surface area contributed by atoms with Gasteiger partial charge in [0.15, 0.2) is 0 Å². The fraction of sp³-hybridized carbons (Fsp3) is 0.368. The van der Waals surface area contributed by atoms with Crippen molar-refractivity contribution in [2.24, 2.45) is 0 Å². The van der Waals surface area contributed by atoms with Gasteiger partial charge in [0.2, 0.25) is 0 Å². The zero-order valence-corrected chi connectivity index (χ0v) is 14.2. The average Bonchev–Trinajstić information content (AvgIpc) is 2.64. The quantitative estimate of drug-likeness (QED) is 0.938. The second-order valence-electron chi connectivity index (χ2n) is 5.95. The molecule has 1 aromatic carbocycles. The molecule has 0 saturated carbocycles. The lowest BCUT2D eigenvalue weighted by atomic mass is 10.1. The van der Waals surface area contributed by atoms with E-state index in [4.69, 9.17) is 4.74 Å². The Morgan fingerprint density at radius 1 is 1.29 bits per heavy atom. The van der Waals surface area contributed by atoms with Crippen LogP contribution in [0.3, 0.4) is 0 Å². The summed E-state index contributed by atoms with van der Waals surface area (Å²) in [5.41, 5.74) is 4.96. The van der Waals surface area contributed by atoms with Crippen molar-refractivity contribution in [3.63, 3.8) is 0 Å². The van der Waals surface area contributed by atoms with E-state index < -0.39 is 0 Å². The molecule has 3 rings (SSSR count). The number of anilines is 2. The molecule has 0 atom stereocenters. The third-order valence-corrected chi connectivity index (χ3v) is 4.29. The van der Waals surface area contributed by atoms with E-state index in [1.807, 2.05) is 11.0 Å². The van der Waals surface area contributed by atoms with Gasteiger partial charge < -0.3 is 15.0 Å². The third-order valence-electron chi connectivity index (χ3n) is 4.29. The van der Waals surface area contributed by atoms with Crippen molar-refractivity contribution in [2.45, 2.75) is 20.3 Å². The number of hydrogen-bond donors (Lipinski definition) is 1. The van der Waals surface area contributed by atoms with Crippen molar-refractivity contribution in [3.8, 4) is 0 Å². The molecule has 24 heavy (non-hydrogen) atoms. The van der Waals surface area contributed by atoms with Gasteiger partial charge in [-0.3, -0.25) is 9.78 Å². The van der Waals surface area contributed by atoms with Gasteiger partial charge in [-0.25, -0.2) is 0 Å². The molecule has 126 valence electrons. The molecule has 1 aliphatic heterocycles. The van der Waals surface area contributed by atoms with E-state index in [-0.39, 0.29) is 5.91 Å². The molecule has 5 nitrogen and oxygen atoms in total. The number of hydrogen-bond acceptors (Lipinski definition) is 4. The van der Waals surface area contributed by atoms with E-state index in [9.17, 15) is 4.79 Å². The smallest absolute Gasteiger partial charge is 0.255 e. The van der Waals surface area contributed by atoms with E-state index in [1.54, 1.807) is 12.4 Å². The first kappa shape index (κ1) is 16.5. The molecule has 2 heterocycles. The van der Waals surface area contributed by atoms with Gasteiger partial charge in [-0.1, -0.05) is 25.1 Å². The number of aromatic nitrogens is 1. The molecular formula is C19H23N3O2. The number of benzene rings is 1. The molecular weight excluding hydrogens is 302 g/mol. The molecule has 5 heteroatoms. The molecule has 0 bridgehead atoms. The lowest BCUT2D eigenvalue weighted by Gasteiger charge is -2.26. The maximum Gasteiger partial charge on any atom is 0.255 e. The number of ether oxygens (including phenoxy) is 1. The van der Waals surface area contributed by atoms with Crippen molar-refractivity contribution < 1.29 is 9.53 Å². The molecule has 1 N–H and O–H groups in total. The average molecular weight is 325 g/mol. The van der Waals surface area contributed by atoms with Crippen LogP contribution in [0.2, 0.25) is 0 Å². The number of nitrogens with one attached hydrogen (secondary N) is 1. The van der Waals surface area contributed by atoms with Crippen molar-refractivity contribution in [1.29, 1.82) is 0 Å². The Kier molecular flexibility index (Phi) is 5.11. The van der Waals surface area contributed by atoms with Crippen LogP contribution < -0.4 is 5.32 Å². The number of carbonyl (C=O) groups is 1. The van der Waals surface area contributed by atoms with Gasteiger partial charge in [-0.15, -0.1) is 0 Å². The summed E-state index contributed by atoms with van der Waals surface area (Å²) in [6, 6.07) is 8.13. The molecule has 1 saturated heterocycles. The van der Waals surface area contributed by atoms with Crippen LogP contribution in [0.4, 0.5) is 11.4 Å². The number of amides is 1. The van der Waals surface area contributed by atoms with Crippen LogP contribution in [-0.4, -0.2) is 42.1 Å². The molecule has 0 unspecified atom stereocenters. The van der Waals surface area contributed by atoms with Crippen LogP contribution in [0, 0.1) is 6.92 Å². The highest BCUT2D eigenvalue weighted by molar-refractivity contribution is 5.95. The van der Waals surface area contributed by atoms with Gasteiger partial charge in [0.1, 0.15) is 0 Å². The molecule has 1 aromatic heterocycles. The van der Waals surface area contributed by atoms with Crippen LogP contribution >= 0.6 is 0 Å². The van der Waals surface area contributed by atoms with E-state index in [1.165, 1.54) is 11.1 Å². The van der Waals surface area contributed by atoms with Gasteiger partial charge in [-0.05, 0) is 30.5 Å². The zero-order chi connectivity index (χ0) is 16.9. The van der Waals surface area contributed by atoms with Gasteiger partial charge in [-0.2, -0.15) is 0 Å². The molecule has 1 amide bonds. The second kappa shape index (κ2) is 7.45. The molecule has 1 fully saturated rings. The minimum Gasteiger partial charge on any atom is -0.378 e. The molecule has 2 aromatic rings. The number of pyridine rings is 1. The monoisotopic (exact) mass is 325 g/mol. The van der Waals surface area contributed by atoms with E-state index in [2.05, 4.69) is 42.3 Å². The Labute approximate surface area is 142 Å². The molecule has 1 aliphatic rings. The van der Waals surface area contributed by atoms with E-state index in [0.717, 1.165) is 17.8 Å². The Balaban J connectivity index is 1.82. The summed E-state index contributed by atoms with van der Waals surface area (Å²) >= 11 is 0. The second-order valence-corrected chi connectivity index (χ2v) is 5.95. The lowest BCUT2D eigenvalue weighted by Crippen LogP contribution is -2.40. The number of nitrogens with zero attached hydrogens (tertiary/aromatic N) is 2. The van der Waals surface area contributed by atoms with Crippen molar-refractivity contribution in [3.05, 3.63) is 53.3 Å². The lowest BCUT2D eigenvalue weighted by molar-refractivity contribution is 0.0302. The summed E-state index contributed by atoms with van der Waals surface area (Å²) in [7, 11) is 0. The van der Waals surface area contributed by atoms with Crippen molar-refractivity contribution in [1.82, 2.24) is 9.88 Å². The van der Waals surface area contributed by atoms with Crippen LogP contribution in [0.5, 0.6) is 0 Å². The van der Waals surface area contributed by atoms with Gasteiger partial charge in [0.25, 0.3) is 5.91 Å². The van der Waals surface area contributed by atoms with Gasteiger partial charge in [0, 0.05) is 25.0 Å². The predicted octanol–water partition coefficient (Wildman–Crippen LogP) is 3.17. The Morgan fingerprint density at radius 2 is 2.08 bits per heavy atom. The van der Waals surface area contributed by atoms with Crippen LogP contribution in [-0.2, 0) is 11.2 Å². The Hall–Kier alpha value is -2.40. The number of para-hydroxylation sites is 1. The number of aryl methyl sites for hydroxylation is 2. The van der Waals surface area contributed by atoms with Crippen LogP contribution in [0.25, 0.3) is 0 Å². The minimum atomic E-state index is 0.00921. The topological polar surface area (TPSA) is 54.5 Å². The summed E-state index contributed by atoms with van der Waals surface area (Å²) < 4.78 is 5.31. The number of carbonyl (C=O) groups excluding carboxylic acids is 1. The van der Waals surface area contributed by atoms with Crippen molar-refractivity contribution >= 4 is 17.3 Å². The first-order chi connectivity index (χ1) is 11.7. The highest BCUT2D eigenvalue weighted by Gasteiger charge is 2.19. The number of rotatable bonds is 4. The summed E-state index contributed by atoms with van der Waals surface area (Å²) in [6.45, 7) is 6.68. The summed E-state index contributed by atoms with van der Waals surface area (Å²) in [5.74, 6) is 0.00921. The van der Waals surface area contributed by atoms with E-state index in [0.29, 0.717) is 31.9 Å². The first-order valence-corrected chi connectivity index (χ1v) is 8.36. The normalized spacial score (nSPS) is 14.5. The first-order valence-electron chi connectivity index (χ1n) is 8.36. The Morgan fingerprint density at radius 3 is 2.83 bits per heavy atom. The SMILES string of the molecule is CCc1cccc(C)c1Nc1cncc(C(=O)N2CCOCC2)c1. The summed E-state index contributed by atoms with van der Waals surface area (Å²) in [6.07, 6.45) is 4.33. The largest absolute Gasteiger partial charge is 0.378 e. The molecule has 0 spiro atoms. The fourth-order valence-corrected chi connectivity index (χ4v) is 2.92. The maximum atomic E-state index is 12.6. The minimum absolute atomic E-state index is 0.00921. The summed E-state index contributed by atoms with van der Waals surface area (Å²) in [4.78, 5) is 18.7. The number of morpholine rings is 1. The fourth-order valence-electron chi connectivity index (χ4n) is 2.92. The summed E-state index contributed by atoms with van der Waals surface area (Å²) in [5, 5.41) is 3.43. The van der Waals surface area contributed by atoms with Crippen molar-refractivity contribution in [2.75, 3.05) is 31.6 Å². The predicted molar refractivity (Wildman–Crippen MR) is 94.8 cm³/mol. The zero-order valence-electron chi connectivity index (χ0n) is 14.2. The molecule has 0 aliphatic carbocycles. The highest BCUT2D eigenvalue weighted by Crippen LogP contribution is 2.25.